The van der Waals surface area contributed by atoms with Crippen LogP contribution in [0.5, 0.6) is 0 Å². The summed E-state index contributed by atoms with van der Waals surface area (Å²) in [6.07, 6.45) is 8.12. The summed E-state index contributed by atoms with van der Waals surface area (Å²) in [7, 11) is 4.10. The van der Waals surface area contributed by atoms with Gasteiger partial charge in [0.15, 0.2) is 0 Å². The maximum Gasteiger partial charge on any atom is 0.0955 e. The molecule has 0 saturated carbocycles. The fourth-order valence-corrected chi connectivity index (χ4v) is 1.30. The zero-order valence-corrected chi connectivity index (χ0v) is 8.97. The molecule has 74 valence electrons. The van der Waals surface area contributed by atoms with Crippen molar-refractivity contribution in [1.82, 2.24) is 0 Å². The highest BCUT2D eigenvalue weighted by atomic mass is 15.5. The molecule has 0 aliphatic rings. The average molecular weight is 173 g/mol. The van der Waals surface area contributed by atoms with Crippen molar-refractivity contribution in [1.29, 1.82) is 0 Å². The van der Waals surface area contributed by atoms with Crippen molar-refractivity contribution in [2.24, 2.45) is 5.84 Å². The smallest absolute Gasteiger partial charge is 0.0955 e. The van der Waals surface area contributed by atoms with E-state index in [1.807, 2.05) is 14.1 Å². The van der Waals surface area contributed by atoms with E-state index in [9.17, 15) is 0 Å². The minimum Gasteiger partial charge on any atom is -0.253 e. The zero-order chi connectivity index (χ0) is 9.45. The van der Waals surface area contributed by atoms with Crippen LogP contribution >= 0.6 is 0 Å². The quantitative estimate of drug-likeness (QED) is 0.272. The molecule has 0 fully saturated rings. The lowest BCUT2D eigenvalue weighted by atomic mass is 10.1. The maximum absolute atomic E-state index is 5.81. The van der Waals surface area contributed by atoms with Gasteiger partial charge in [0.2, 0.25) is 0 Å². The third-order valence-corrected chi connectivity index (χ3v) is 2.09. The van der Waals surface area contributed by atoms with Crippen LogP contribution in [0.3, 0.4) is 0 Å². The summed E-state index contributed by atoms with van der Waals surface area (Å²) in [5.41, 5.74) is 0. The molecule has 0 rings (SSSR count). The van der Waals surface area contributed by atoms with Gasteiger partial charge < -0.3 is 0 Å². The lowest BCUT2D eigenvalue weighted by Gasteiger charge is -2.21. The molecule has 0 atom stereocenters. The van der Waals surface area contributed by atoms with Crippen LogP contribution in [0.1, 0.15) is 45.4 Å². The molecule has 0 heterocycles. The molecule has 0 aromatic heterocycles. The summed E-state index contributed by atoms with van der Waals surface area (Å²) < 4.78 is 0.619. The molecule has 12 heavy (non-hydrogen) atoms. The molecule has 2 heteroatoms. The van der Waals surface area contributed by atoms with Crippen molar-refractivity contribution >= 4 is 0 Å². The molecule has 0 radical (unpaired) electrons. The highest BCUT2D eigenvalue weighted by Gasteiger charge is 2.05. The van der Waals surface area contributed by atoms with Gasteiger partial charge in [-0.3, -0.25) is 4.59 Å². The fourth-order valence-electron chi connectivity index (χ4n) is 1.30. The van der Waals surface area contributed by atoms with Gasteiger partial charge in [-0.15, -0.1) is 0 Å². The van der Waals surface area contributed by atoms with E-state index >= 15 is 0 Å². The Balaban J connectivity index is 3.01. The van der Waals surface area contributed by atoms with E-state index in [1.54, 1.807) is 0 Å². The highest BCUT2D eigenvalue weighted by Crippen LogP contribution is 2.05. The minimum absolute atomic E-state index is 0.619. The van der Waals surface area contributed by atoms with Gasteiger partial charge in [0, 0.05) is 0 Å². The number of hydrogen-bond acceptors (Lipinski definition) is 1. The van der Waals surface area contributed by atoms with Crippen molar-refractivity contribution in [3.63, 3.8) is 0 Å². The van der Waals surface area contributed by atoms with Crippen molar-refractivity contribution < 1.29 is 4.59 Å². The molecule has 0 aliphatic carbocycles. The van der Waals surface area contributed by atoms with E-state index in [2.05, 4.69) is 6.92 Å². The standard InChI is InChI=1S/C10H25N2/c1-4-5-6-7-8-9-10-12(2,3)11/h4-11H2,1-3H3/q+1. The van der Waals surface area contributed by atoms with Crippen LogP contribution in [0.4, 0.5) is 0 Å². The lowest BCUT2D eigenvalue weighted by Crippen LogP contribution is -2.47. The Morgan fingerprint density at radius 3 is 1.92 bits per heavy atom. The van der Waals surface area contributed by atoms with Crippen LogP contribution in [-0.4, -0.2) is 25.2 Å². The summed E-state index contributed by atoms with van der Waals surface area (Å²) in [4.78, 5) is 0. The minimum atomic E-state index is 0.619. The predicted molar refractivity (Wildman–Crippen MR) is 54.5 cm³/mol. The van der Waals surface area contributed by atoms with Crippen LogP contribution in [0.25, 0.3) is 0 Å². The number of hydrogen-bond donors (Lipinski definition) is 1. The van der Waals surface area contributed by atoms with E-state index in [4.69, 9.17) is 5.84 Å². The Kier molecular flexibility index (Phi) is 6.39. The van der Waals surface area contributed by atoms with Crippen molar-refractivity contribution in [3.05, 3.63) is 0 Å². The number of rotatable bonds is 7. The third kappa shape index (κ3) is 9.92. The van der Waals surface area contributed by atoms with E-state index in [1.165, 1.54) is 38.5 Å². The lowest BCUT2D eigenvalue weighted by molar-refractivity contribution is -0.902. The molecule has 0 spiro atoms. The molecular weight excluding hydrogens is 148 g/mol. The Morgan fingerprint density at radius 2 is 1.42 bits per heavy atom. The van der Waals surface area contributed by atoms with Gasteiger partial charge >= 0.3 is 0 Å². The first kappa shape index (κ1) is 11.9. The van der Waals surface area contributed by atoms with Gasteiger partial charge in [0.1, 0.15) is 0 Å². The van der Waals surface area contributed by atoms with Gasteiger partial charge in [0.05, 0.1) is 20.6 Å². The van der Waals surface area contributed by atoms with E-state index in [-0.39, 0.29) is 0 Å². The number of nitrogens with zero attached hydrogens (tertiary/aromatic N) is 1. The third-order valence-electron chi connectivity index (χ3n) is 2.09. The van der Waals surface area contributed by atoms with Crippen LogP contribution in [0.2, 0.25) is 0 Å². The van der Waals surface area contributed by atoms with Crippen LogP contribution in [0, 0.1) is 0 Å². The SMILES string of the molecule is CCCCCCCC[N+](C)(C)N. The van der Waals surface area contributed by atoms with Gasteiger partial charge in [-0.25, -0.2) is 0 Å². The molecule has 0 aromatic carbocycles. The molecule has 2 N–H and O–H groups in total. The second kappa shape index (κ2) is 6.44. The molecular formula is C10H25N2+. The van der Waals surface area contributed by atoms with Crippen LogP contribution in [-0.2, 0) is 0 Å². The molecule has 0 bridgehead atoms. The molecule has 2 nitrogen and oxygen atoms in total. The molecule has 0 amide bonds. The molecule has 0 unspecified atom stereocenters. The van der Waals surface area contributed by atoms with Gasteiger partial charge in [-0.05, 0) is 12.8 Å². The van der Waals surface area contributed by atoms with Crippen molar-refractivity contribution in [3.8, 4) is 0 Å². The summed E-state index contributed by atoms with van der Waals surface area (Å²) >= 11 is 0. The fraction of sp³-hybridized carbons (Fsp3) is 1.00. The summed E-state index contributed by atoms with van der Waals surface area (Å²) in [5, 5.41) is 0. The number of unbranched alkanes of at least 4 members (excludes halogenated alkanes) is 5. The average Bonchev–Trinajstić information content (AvgIpc) is 1.94. The Bertz CT molecular complexity index is 94.5. The summed E-state index contributed by atoms with van der Waals surface area (Å²) in [6.45, 7) is 3.35. The van der Waals surface area contributed by atoms with E-state index < -0.39 is 0 Å². The highest BCUT2D eigenvalue weighted by molar-refractivity contribution is 4.42. The molecule has 0 aromatic rings. The summed E-state index contributed by atoms with van der Waals surface area (Å²) in [5.74, 6) is 5.81. The second-order valence-electron chi connectivity index (χ2n) is 4.27. The zero-order valence-electron chi connectivity index (χ0n) is 8.97. The normalized spacial score (nSPS) is 12.0. The largest absolute Gasteiger partial charge is 0.253 e. The van der Waals surface area contributed by atoms with Gasteiger partial charge in [-0.2, -0.15) is 5.84 Å². The molecule has 0 saturated heterocycles. The number of nitrogens with two attached hydrogens (primary N) is 1. The van der Waals surface area contributed by atoms with Gasteiger partial charge in [-0.1, -0.05) is 32.6 Å². The topological polar surface area (TPSA) is 26.0 Å². The van der Waals surface area contributed by atoms with Crippen molar-refractivity contribution in [2.45, 2.75) is 45.4 Å². The Labute approximate surface area is 77.3 Å². The first-order valence-corrected chi connectivity index (χ1v) is 5.18. The van der Waals surface area contributed by atoms with E-state index in [0.29, 0.717) is 4.59 Å². The first-order valence-electron chi connectivity index (χ1n) is 5.18. The van der Waals surface area contributed by atoms with Crippen LogP contribution < -0.4 is 5.84 Å². The number of quaternary nitrogens is 1. The first-order chi connectivity index (χ1) is 5.56. The van der Waals surface area contributed by atoms with Gasteiger partial charge in [0.25, 0.3) is 0 Å². The monoisotopic (exact) mass is 173 g/mol. The van der Waals surface area contributed by atoms with E-state index in [0.717, 1.165) is 6.54 Å². The van der Waals surface area contributed by atoms with Crippen LogP contribution in [0.15, 0.2) is 0 Å². The summed E-state index contributed by atoms with van der Waals surface area (Å²) in [6, 6.07) is 0. The Hall–Kier alpha value is -0.0800. The maximum atomic E-state index is 5.81. The van der Waals surface area contributed by atoms with Crippen molar-refractivity contribution in [2.75, 3.05) is 20.6 Å². The molecule has 0 aliphatic heterocycles. The second-order valence-corrected chi connectivity index (χ2v) is 4.27. The predicted octanol–water partition coefficient (Wildman–Crippen LogP) is 2.30. The Morgan fingerprint density at radius 1 is 0.917 bits per heavy atom.